The summed E-state index contributed by atoms with van der Waals surface area (Å²) in [4.78, 5) is 38.3. The van der Waals surface area contributed by atoms with E-state index in [2.05, 4.69) is 5.10 Å². The molecule has 1 saturated heterocycles. The van der Waals surface area contributed by atoms with Crippen LogP contribution in [-0.2, 0) is 20.9 Å². The topological polar surface area (TPSA) is 81.5 Å². The summed E-state index contributed by atoms with van der Waals surface area (Å²) < 4.78 is 5.95. The third-order valence-corrected chi connectivity index (χ3v) is 5.85. The van der Waals surface area contributed by atoms with Gasteiger partial charge >= 0.3 is 5.97 Å². The van der Waals surface area contributed by atoms with Crippen LogP contribution in [-0.4, -0.2) is 46.8 Å². The van der Waals surface area contributed by atoms with Crippen LogP contribution in [0.2, 0.25) is 0 Å². The maximum Gasteiger partial charge on any atom is 0.305 e. The monoisotopic (exact) mass is 419 g/mol. The highest BCUT2D eigenvalue weighted by Gasteiger charge is 2.25. The van der Waals surface area contributed by atoms with E-state index < -0.39 is 0 Å². The van der Waals surface area contributed by atoms with E-state index in [0.29, 0.717) is 25.2 Å². The molecule has 1 fully saturated rings. The highest BCUT2D eigenvalue weighted by molar-refractivity contribution is 5.86. The Balaban J connectivity index is 1.46. The zero-order valence-corrected chi connectivity index (χ0v) is 17.5. The number of esters is 1. The van der Waals surface area contributed by atoms with Gasteiger partial charge in [-0.05, 0) is 41.7 Å². The van der Waals surface area contributed by atoms with Gasteiger partial charge in [0.05, 0.1) is 12.8 Å². The third-order valence-electron chi connectivity index (χ3n) is 5.85. The van der Waals surface area contributed by atoms with Gasteiger partial charge in [0, 0.05) is 31.1 Å². The number of carbonyl (C=O) groups excluding carboxylic acids is 2. The van der Waals surface area contributed by atoms with Crippen molar-refractivity contribution in [2.75, 3.05) is 20.2 Å². The van der Waals surface area contributed by atoms with Gasteiger partial charge in [-0.3, -0.25) is 14.4 Å². The first-order valence-corrected chi connectivity index (χ1v) is 10.5. The fourth-order valence-electron chi connectivity index (χ4n) is 4.00. The van der Waals surface area contributed by atoms with Crippen LogP contribution in [0, 0.1) is 5.92 Å². The number of methoxy groups -OCH3 is 1. The lowest BCUT2D eigenvalue weighted by Gasteiger charge is -2.31. The van der Waals surface area contributed by atoms with Gasteiger partial charge in [-0.15, -0.1) is 0 Å². The Hall–Kier alpha value is -3.48. The van der Waals surface area contributed by atoms with Crippen LogP contribution < -0.4 is 5.56 Å². The Labute approximate surface area is 180 Å². The van der Waals surface area contributed by atoms with Crippen molar-refractivity contribution in [2.24, 2.45) is 5.92 Å². The molecular weight excluding hydrogens is 394 g/mol. The molecule has 7 heteroatoms. The number of aromatic nitrogens is 2. The molecule has 4 rings (SSSR count). The van der Waals surface area contributed by atoms with Crippen LogP contribution in [0.3, 0.4) is 0 Å². The number of hydrogen-bond acceptors (Lipinski definition) is 5. The van der Waals surface area contributed by atoms with Crippen LogP contribution in [0.25, 0.3) is 22.0 Å². The Morgan fingerprint density at radius 3 is 2.52 bits per heavy atom. The predicted molar refractivity (Wildman–Crippen MR) is 117 cm³/mol. The normalized spacial score (nSPS) is 14.5. The second-order valence-electron chi connectivity index (χ2n) is 7.88. The van der Waals surface area contributed by atoms with E-state index >= 15 is 0 Å². The van der Waals surface area contributed by atoms with E-state index in [-0.39, 0.29) is 29.9 Å². The minimum atomic E-state index is -0.307. The van der Waals surface area contributed by atoms with Crippen LogP contribution >= 0.6 is 0 Å². The molecule has 1 aliphatic rings. The molecule has 0 saturated carbocycles. The summed E-state index contributed by atoms with van der Waals surface area (Å²) in [6.07, 6.45) is 1.88. The van der Waals surface area contributed by atoms with Crippen LogP contribution in [0.15, 0.2) is 59.4 Å². The highest BCUT2D eigenvalue weighted by atomic mass is 16.5. The number of rotatable bonds is 5. The minimum absolute atomic E-state index is 0.0953. The largest absolute Gasteiger partial charge is 0.469 e. The standard InChI is InChI=1S/C24H25N3O4/c1-31-24(30)14-17-10-12-26(13-11-17)23(29)16-27-22(28)9-8-21(25-27)20-7-6-18-4-2-3-5-19(18)15-20/h2-9,15,17H,10-14,16H2,1H3. The number of amides is 1. The summed E-state index contributed by atoms with van der Waals surface area (Å²) in [5.41, 5.74) is 1.23. The van der Waals surface area contributed by atoms with Gasteiger partial charge in [0.15, 0.2) is 0 Å². The van der Waals surface area contributed by atoms with E-state index in [1.54, 1.807) is 11.0 Å². The lowest BCUT2D eigenvalue weighted by molar-refractivity contribution is -0.142. The molecule has 0 bridgehead atoms. The van der Waals surface area contributed by atoms with E-state index in [9.17, 15) is 14.4 Å². The number of nitrogens with zero attached hydrogens (tertiary/aromatic N) is 3. The summed E-state index contributed by atoms with van der Waals surface area (Å²) in [5.74, 6) is -0.124. The lowest BCUT2D eigenvalue weighted by atomic mass is 9.93. The van der Waals surface area contributed by atoms with Crippen molar-refractivity contribution in [3.63, 3.8) is 0 Å². The summed E-state index contributed by atoms with van der Waals surface area (Å²) in [6.45, 7) is 1.04. The molecule has 1 aliphatic heterocycles. The van der Waals surface area contributed by atoms with Crippen molar-refractivity contribution < 1.29 is 14.3 Å². The SMILES string of the molecule is COC(=O)CC1CCN(C(=O)Cn2nc(-c3ccc4ccccc4c3)ccc2=O)CC1. The first kappa shape index (κ1) is 20.8. The highest BCUT2D eigenvalue weighted by Crippen LogP contribution is 2.23. The zero-order valence-electron chi connectivity index (χ0n) is 17.5. The van der Waals surface area contributed by atoms with E-state index in [1.807, 2.05) is 42.5 Å². The van der Waals surface area contributed by atoms with Gasteiger partial charge in [-0.2, -0.15) is 5.10 Å². The molecule has 0 N–H and O–H groups in total. The zero-order chi connectivity index (χ0) is 21.8. The first-order chi connectivity index (χ1) is 15.0. The Morgan fingerprint density at radius 1 is 1.03 bits per heavy atom. The van der Waals surface area contributed by atoms with E-state index in [4.69, 9.17) is 4.74 Å². The minimum Gasteiger partial charge on any atom is -0.469 e. The summed E-state index contributed by atoms with van der Waals surface area (Å²) in [7, 11) is 1.39. The van der Waals surface area contributed by atoms with Crippen LogP contribution in [0.1, 0.15) is 19.3 Å². The van der Waals surface area contributed by atoms with Gasteiger partial charge in [0.25, 0.3) is 5.56 Å². The Morgan fingerprint density at radius 2 is 1.77 bits per heavy atom. The van der Waals surface area contributed by atoms with Gasteiger partial charge in [-0.25, -0.2) is 4.68 Å². The second kappa shape index (κ2) is 9.12. The van der Waals surface area contributed by atoms with Gasteiger partial charge in [0.2, 0.25) is 5.91 Å². The van der Waals surface area contributed by atoms with Crippen molar-refractivity contribution >= 4 is 22.6 Å². The quantitative estimate of drug-likeness (QED) is 0.594. The molecule has 0 aliphatic carbocycles. The maximum atomic E-state index is 12.8. The van der Waals surface area contributed by atoms with Crippen molar-refractivity contribution in [1.29, 1.82) is 0 Å². The van der Waals surface area contributed by atoms with Crippen molar-refractivity contribution in [2.45, 2.75) is 25.8 Å². The van der Waals surface area contributed by atoms with Gasteiger partial charge in [0.1, 0.15) is 6.54 Å². The molecular formula is C24H25N3O4. The molecule has 0 atom stereocenters. The molecule has 0 unspecified atom stereocenters. The molecule has 1 aromatic heterocycles. The molecule has 0 radical (unpaired) electrons. The number of hydrogen-bond donors (Lipinski definition) is 0. The number of fused-ring (bicyclic) bond motifs is 1. The van der Waals surface area contributed by atoms with Crippen LogP contribution in [0.4, 0.5) is 0 Å². The average Bonchev–Trinajstić information content (AvgIpc) is 2.80. The molecule has 1 amide bonds. The van der Waals surface area contributed by atoms with Crippen molar-refractivity contribution in [3.8, 4) is 11.3 Å². The fraction of sp³-hybridized carbons (Fsp3) is 0.333. The van der Waals surface area contributed by atoms with Gasteiger partial charge < -0.3 is 9.64 Å². The Kier molecular flexibility index (Phi) is 6.11. The molecule has 0 spiro atoms. The van der Waals surface area contributed by atoms with E-state index in [0.717, 1.165) is 29.2 Å². The molecule has 31 heavy (non-hydrogen) atoms. The number of carbonyl (C=O) groups is 2. The molecule has 7 nitrogen and oxygen atoms in total. The van der Waals surface area contributed by atoms with E-state index in [1.165, 1.54) is 17.9 Å². The average molecular weight is 419 g/mol. The summed E-state index contributed by atoms with van der Waals surface area (Å²) in [6, 6.07) is 17.2. The molecule has 160 valence electrons. The molecule has 2 aromatic carbocycles. The number of piperidine rings is 1. The number of ether oxygens (including phenoxy) is 1. The Bertz CT molecular complexity index is 1160. The molecule has 2 heterocycles. The number of benzene rings is 2. The lowest BCUT2D eigenvalue weighted by Crippen LogP contribution is -2.42. The summed E-state index contributed by atoms with van der Waals surface area (Å²) >= 11 is 0. The predicted octanol–water partition coefficient (Wildman–Crippen LogP) is 2.87. The first-order valence-electron chi connectivity index (χ1n) is 10.5. The van der Waals surface area contributed by atoms with Crippen molar-refractivity contribution in [3.05, 3.63) is 65.0 Å². The molecule has 3 aromatic rings. The summed E-state index contributed by atoms with van der Waals surface area (Å²) in [5, 5.41) is 6.66. The fourth-order valence-corrected chi connectivity index (χ4v) is 4.00. The van der Waals surface area contributed by atoms with Gasteiger partial charge in [-0.1, -0.05) is 36.4 Å². The third kappa shape index (κ3) is 4.82. The van der Waals surface area contributed by atoms with Crippen LogP contribution in [0.5, 0.6) is 0 Å². The number of likely N-dealkylation sites (tertiary alicyclic amines) is 1. The van der Waals surface area contributed by atoms with Crippen molar-refractivity contribution in [1.82, 2.24) is 14.7 Å². The maximum absolute atomic E-state index is 12.8. The second-order valence-corrected chi connectivity index (χ2v) is 7.88. The smallest absolute Gasteiger partial charge is 0.305 e.